The molecule has 0 aliphatic rings. The van der Waals surface area contributed by atoms with Crippen LogP contribution in [-0.4, -0.2) is 30.1 Å². The molecule has 2 unspecified atom stereocenters. The van der Waals surface area contributed by atoms with Crippen LogP contribution in [0, 0.1) is 0 Å². The predicted molar refractivity (Wildman–Crippen MR) is 137 cm³/mol. The van der Waals surface area contributed by atoms with Crippen molar-refractivity contribution in [2.75, 3.05) is 0 Å². The lowest BCUT2D eigenvalue weighted by Crippen LogP contribution is -2.50. The van der Waals surface area contributed by atoms with Gasteiger partial charge in [0.25, 0.3) is 0 Å². The molecule has 3 aromatic carbocycles. The van der Waals surface area contributed by atoms with Gasteiger partial charge >= 0.3 is 12.1 Å². The van der Waals surface area contributed by atoms with Crippen molar-refractivity contribution in [1.29, 1.82) is 0 Å². The zero-order valence-electron chi connectivity index (χ0n) is 20.4. The number of ether oxygens (including phenoxy) is 2. The molecule has 0 saturated heterocycles. The molecule has 0 fully saturated rings. The molecule has 36 heavy (non-hydrogen) atoms. The van der Waals surface area contributed by atoms with E-state index in [1.165, 1.54) is 5.56 Å². The van der Waals surface area contributed by atoms with Crippen molar-refractivity contribution in [1.82, 2.24) is 10.6 Å². The summed E-state index contributed by atoms with van der Waals surface area (Å²) in [5, 5.41) is 5.41. The molecule has 0 aromatic heterocycles. The fourth-order valence-corrected chi connectivity index (χ4v) is 3.52. The number of hydrogen-bond acceptors (Lipinski definition) is 5. The summed E-state index contributed by atoms with van der Waals surface area (Å²) in [6, 6.07) is 27.1. The van der Waals surface area contributed by atoms with Crippen LogP contribution in [0.4, 0.5) is 4.79 Å². The number of nitrogens with one attached hydrogen (secondary N) is 2. The van der Waals surface area contributed by atoms with Gasteiger partial charge in [-0.3, -0.25) is 9.59 Å². The third-order valence-electron chi connectivity index (χ3n) is 5.53. The lowest BCUT2D eigenvalue weighted by Gasteiger charge is -2.21. The molecular weight excluding hydrogens is 456 g/mol. The van der Waals surface area contributed by atoms with Gasteiger partial charge in [0.15, 0.2) is 0 Å². The van der Waals surface area contributed by atoms with Crippen molar-refractivity contribution in [3.05, 3.63) is 108 Å². The Kier molecular flexibility index (Phi) is 10.5. The SMILES string of the molecule is CC(CCc1ccccc1)NC(=O)C(CC(=O)OCc1ccccc1)NC(=O)OCc1ccccc1. The molecule has 0 aliphatic heterocycles. The number of esters is 1. The van der Waals surface area contributed by atoms with Crippen molar-refractivity contribution >= 4 is 18.0 Å². The summed E-state index contributed by atoms with van der Waals surface area (Å²) >= 11 is 0. The topological polar surface area (TPSA) is 93.7 Å². The monoisotopic (exact) mass is 488 g/mol. The number of carbonyl (C=O) groups is 3. The van der Waals surface area contributed by atoms with Crippen LogP contribution in [0.1, 0.15) is 36.5 Å². The molecule has 0 bridgehead atoms. The van der Waals surface area contributed by atoms with E-state index in [9.17, 15) is 14.4 Å². The van der Waals surface area contributed by atoms with Crippen LogP contribution in [0.2, 0.25) is 0 Å². The molecule has 0 aliphatic carbocycles. The van der Waals surface area contributed by atoms with Gasteiger partial charge in [-0.2, -0.15) is 0 Å². The summed E-state index contributed by atoms with van der Waals surface area (Å²) in [5.74, 6) is -1.07. The quantitative estimate of drug-likeness (QED) is 0.365. The zero-order chi connectivity index (χ0) is 25.6. The number of rotatable bonds is 12. The molecule has 3 aromatic rings. The van der Waals surface area contributed by atoms with E-state index < -0.39 is 24.0 Å². The molecule has 0 spiro atoms. The average Bonchev–Trinajstić information content (AvgIpc) is 2.91. The highest BCUT2D eigenvalue weighted by Gasteiger charge is 2.26. The van der Waals surface area contributed by atoms with E-state index in [-0.39, 0.29) is 25.7 Å². The molecule has 0 saturated carbocycles. The van der Waals surface area contributed by atoms with E-state index in [1.54, 1.807) is 0 Å². The van der Waals surface area contributed by atoms with Crippen LogP contribution in [0.3, 0.4) is 0 Å². The van der Waals surface area contributed by atoms with Gasteiger partial charge in [-0.1, -0.05) is 91.0 Å². The number of alkyl carbamates (subject to hydrolysis) is 1. The Balaban J connectivity index is 1.55. The first kappa shape index (κ1) is 26.5. The van der Waals surface area contributed by atoms with Crippen molar-refractivity contribution < 1.29 is 23.9 Å². The maximum atomic E-state index is 13.0. The summed E-state index contributed by atoms with van der Waals surface area (Å²) in [4.78, 5) is 37.9. The number of carbonyl (C=O) groups excluding carboxylic acids is 3. The maximum Gasteiger partial charge on any atom is 0.408 e. The minimum Gasteiger partial charge on any atom is -0.461 e. The first-order valence-corrected chi connectivity index (χ1v) is 12.0. The van der Waals surface area contributed by atoms with Crippen molar-refractivity contribution in [2.24, 2.45) is 0 Å². The fraction of sp³-hybridized carbons (Fsp3) is 0.276. The van der Waals surface area contributed by atoms with E-state index in [1.807, 2.05) is 97.9 Å². The lowest BCUT2D eigenvalue weighted by atomic mass is 10.1. The van der Waals surface area contributed by atoms with E-state index in [2.05, 4.69) is 10.6 Å². The molecule has 2 N–H and O–H groups in total. The summed E-state index contributed by atoms with van der Waals surface area (Å²) in [6.45, 7) is 2.02. The normalized spacial score (nSPS) is 12.1. The summed E-state index contributed by atoms with van der Waals surface area (Å²) in [6.07, 6.45) is 0.398. The van der Waals surface area contributed by atoms with Crippen LogP contribution < -0.4 is 10.6 Å². The van der Waals surface area contributed by atoms with Crippen LogP contribution in [-0.2, 0) is 38.7 Å². The molecule has 0 heterocycles. The maximum absolute atomic E-state index is 13.0. The van der Waals surface area contributed by atoms with Gasteiger partial charge in [0.05, 0.1) is 6.42 Å². The molecule has 0 radical (unpaired) electrons. The van der Waals surface area contributed by atoms with E-state index in [0.717, 1.165) is 17.5 Å². The summed E-state index contributed by atoms with van der Waals surface area (Å²) < 4.78 is 10.6. The Morgan fingerprint density at radius 1 is 0.694 bits per heavy atom. The highest BCUT2D eigenvalue weighted by Crippen LogP contribution is 2.08. The van der Waals surface area contributed by atoms with Gasteiger partial charge < -0.3 is 20.1 Å². The van der Waals surface area contributed by atoms with Gasteiger partial charge in [0, 0.05) is 6.04 Å². The van der Waals surface area contributed by atoms with Crippen LogP contribution >= 0.6 is 0 Å². The number of hydrogen-bond donors (Lipinski definition) is 2. The Bertz CT molecular complexity index is 1030. The minimum atomic E-state index is -1.13. The average molecular weight is 489 g/mol. The predicted octanol–water partition coefficient (Wildman–Crippen LogP) is 4.55. The largest absolute Gasteiger partial charge is 0.461 e. The van der Waals surface area contributed by atoms with Gasteiger partial charge in [-0.05, 0) is 36.5 Å². The van der Waals surface area contributed by atoms with Crippen molar-refractivity contribution in [2.45, 2.75) is 51.5 Å². The standard InChI is InChI=1S/C29H32N2O5/c1-22(17-18-23-11-5-2-6-12-23)30-28(33)26(19-27(32)35-20-24-13-7-3-8-14-24)31-29(34)36-21-25-15-9-4-10-16-25/h2-16,22,26H,17-21H2,1H3,(H,30,33)(H,31,34). The smallest absolute Gasteiger partial charge is 0.408 e. The Labute approximate surface area is 211 Å². The lowest BCUT2D eigenvalue weighted by molar-refractivity contribution is -0.147. The Morgan fingerprint density at radius 3 is 1.75 bits per heavy atom. The Hall–Kier alpha value is -4.13. The van der Waals surface area contributed by atoms with Gasteiger partial charge in [-0.25, -0.2) is 4.79 Å². The summed E-state index contributed by atoms with van der Waals surface area (Å²) in [5.41, 5.74) is 2.81. The third-order valence-corrected chi connectivity index (χ3v) is 5.53. The Morgan fingerprint density at radius 2 is 1.19 bits per heavy atom. The first-order chi connectivity index (χ1) is 17.5. The molecule has 7 nitrogen and oxygen atoms in total. The number of benzene rings is 3. The molecule has 2 atom stereocenters. The zero-order valence-corrected chi connectivity index (χ0v) is 20.4. The van der Waals surface area contributed by atoms with E-state index in [0.29, 0.717) is 6.42 Å². The molecule has 188 valence electrons. The summed E-state index contributed by atoms with van der Waals surface area (Å²) in [7, 11) is 0. The second kappa shape index (κ2) is 14.3. The highest BCUT2D eigenvalue weighted by atomic mass is 16.5. The highest BCUT2D eigenvalue weighted by molar-refractivity contribution is 5.89. The van der Waals surface area contributed by atoms with Gasteiger partial charge in [0.2, 0.25) is 5.91 Å². The minimum absolute atomic E-state index is 0.0486. The molecule has 2 amide bonds. The van der Waals surface area contributed by atoms with Crippen LogP contribution in [0.15, 0.2) is 91.0 Å². The van der Waals surface area contributed by atoms with E-state index >= 15 is 0 Å². The van der Waals surface area contributed by atoms with Crippen molar-refractivity contribution in [3.63, 3.8) is 0 Å². The molecule has 7 heteroatoms. The molecular formula is C29H32N2O5. The van der Waals surface area contributed by atoms with Crippen LogP contribution in [0.5, 0.6) is 0 Å². The van der Waals surface area contributed by atoms with Crippen LogP contribution in [0.25, 0.3) is 0 Å². The fourth-order valence-electron chi connectivity index (χ4n) is 3.52. The second-order valence-electron chi connectivity index (χ2n) is 8.54. The second-order valence-corrected chi connectivity index (χ2v) is 8.54. The van der Waals surface area contributed by atoms with E-state index in [4.69, 9.17) is 9.47 Å². The number of aryl methyl sites for hydroxylation is 1. The number of amides is 2. The third kappa shape index (κ3) is 9.62. The van der Waals surface area contributed by atoms with Gasteiger partial charge in [-0.15, -0.1) is 0 Å². The van der Waals surface area contributed by atoms with Gasteiger partial charge in [0.1, 0.15) is 19.3 Å². The van der Waals surface area contributed by atoms with Crippen molar-refractivity contribution in [3.8, 4) is 0 Å². The molecule has 3 rings (SSSR count). The first-order valence-electron chi connectivity index (χ1n) is 12.0.